The molecule has 8 nitrogen and oxygen atoms in total. The van der Waals surface area contributed by atoms with Crippen LogP contribution in [0.1, 0.15) is 6.42 Å². The Morgan fingerprint density at radius 3 is 2.32 bits per heavy atom. The number of ether oxygens (including phenoxy) is 1. The zero-order valence-corrected chi connectivity index (χ0v) is 10.9. The molecule has 1 heterocycles. The van der Waals surface area contributed by atoms with Gasteiger partial charge in [0, 0.05) is 33.2 Å². The van der Waals surface area contributed by atoms with E-state index in [-0.39, 0.29) is 45.4 Å². The maximum absolute atomic E-state index is 12.2. The fourth-order valence-electron chi connectivity index (χ4n) is 2.14. The number of urea groups is 1. The Labute approximate surface area is 111 Å². The molecule has 110 valence electrons. The quantitative estimate of drug-likeness (QED) is 0.548. The highest BCUT2D eigenvalue weighted by molar-refractivity contribution is 5.83. The Hall–Kier alpha value is -1.38. The standard InChI is InChI=1S/C11H20N2O6/c1-19-8-6-9(10(16)17)13(7-8)11(18)12(2-4-14)3-5-15/h8-9,14-15H,2-7H2,1H3,(H,16,17). The van der Waals surface area contributed by atoms with Crippen LogP contribution in [0.3, 0.4) is 0 Å². The molecule has 3 N–H and O–H groups in total. The average Bonchev–Trinajstić information content (AvgIpc) is 2.82. The summed E-state index contributed by atoms with van der Waals surface area (Å²) < 4.78 is 5.10. The van der Waals surface area contributed by atoms with Crippen LogP contribution in [0, 0.1) is 0 Å². The Balaban J connectivity index is 2.79. The van der Waals surface area contributed by atoms with Crippen molar-refractivity contribution >= 4 is 12.0 Å². The number of aliphatic carboxylic acids is 1. The molecule has 19 heavy (non-hydrogen) atoms. The van der Waals surface area contributed by atoms with Gasteiger partial charge in [-0.2, -0.15) is 0 Å². The number of aliphatic hydroxyl groups is 2. The summed E-state index contributed by atoms with van der Waals surface area (Å²) in [6.07, 6.45) is -0.0703. The number of aliphatic hydroxyl groups excluding tert-OH is 2. The van der Waals surface area contributed by atoms with E-state index in [1.165, 1.54) is 16.9 Å². The third-order valence-corrected chi connectivity index (χ3v) is 3.14. The molecule has 1 aliphatic rings. The van der Waals surface area contributed by atoms with Crippen molar-refractivity contribution in [3.05, 3.63) is 0 Å². The third kappa shape index (κ3) is 3.79. The van der Waals surface area contributed by atoms with Gasteiger partial charge in [0.1, 0.15) is 6.04 Å². The van der Waals surface area contributed by atoms with Crippen molar-refractivity contribution in [3.8, 4) is 0 Å². The van der Waals surface area contributed by atoms with Crippen LogP contribution in [0.5, 0.6) is 0 Å². The summed E-state index contributed by atoms with van der Waals surface area (Å²) in [6, 6.07) is -1.44. The van der Waals surface area contributed by atoms with Crippen molar-refractivity contribution in [1.82, 2.24) is 9.80 Å². The van der Waals surface area contributed by atoms with E-state index in [1.54, 1.807) is 0 Å². The number of rotatable bonds is 6. The number of amides is 2. The van der Waals surface area contributed by atoms with Gasteiger partial charge in [0.2, 0.25) is 0 Å². The first-order chi connectivity index (χ1) is 9.04. The predicted molar refractivity (Wildman–Crippen MR) is 64.7 cm³/mol. The van der Waals surface area contributed by atoms with E-state index in [4.69, 9.17) is 20.1 Å². The van der Waals surface area contributed by atoms with E-state index < -0.39 is 18.0 Å². The number of carbonyl (C=O) groups is 2. The highest BCUT2D eigenvalue weighted by atomic mass is 16.5. The minimum Gasteiger partial charge on any atom is -0.480 e. The van der Waals surface area contributed by atoms with Gasteiger partial charge in [-0.1, -0.05) is 0 Å². The number of hydrogen-bond donors (Lipinski definition) is 3. The topological polar surface area (TPSA) is 111 Å². The Bertz CT molecular complexity index is 318. The van der Waals surface area contributed by atoms with Gasteiger partial charge in [-0.3, -0.25) is 0 Å². The van der Waals surface area contributed by atoms with Crippen LogP contribution in [0.2, 0.25) is 0 Å². The number of hydrogen-bond acceptors (Lipinski definition) is 5. The van der Waals surface area contributed by atoms with E-state index in [1.807, 2.05) is 0 Å². The molecule has 0 aromatic carbocycles. The zero-order valence-electron chi connectivity index (χ0n) is 10.9. The van der Waals surface area contributed by atoms with Gasteiger partial charge in [-0.05, 0) is 0 Å². The highest BCUT2D eigenvalue weighted by Gasteiger charge is 2.41. The lowest BCUT2D eigenvalue weighted by Crippen LogP contribution is -2.49. The van der Waals surface area contributed by atoms with Crippen molar-refractivity contribution in [1.29, 1.82) is 0 Å². The average molecular weight is 276 g/mol. The lowest BCUT2D eigenvalue weighted by molar-refractivity contribution is -0.141. The SMILES string of the molecule is COC1CC(C(=O)O)N(C(=O)N(CCO)CCO)C1. The number of carboxylic acids is 1. The van der Waals surface area contributed by atoms with Gasteiger partial charge in [0.15, 0.2) is 0 Å². The van der Waals surface area contributed by atoms with Crippen molar-refractivity contribution in [2.45, 2.75) is 18.6 Å². The summed E-state index contributed by atoms with van der Waals surface area (Å²) in [5, 5.41) is 26.9. The van der Waals surface area contributed by atoms with Crippen molar-refractivity contribution < 1.29 is 29.6 Å². The van der Waals surface area contributed by atoms with Gasteiger partial charge in [0.25, 0.3) is 0 Å². The van der Waals surface area contributed by atoms with E-state index in [0.29, 0.717) is 0 Å². The molecule has 0 bridgehead atoms. The van der Waals surface area contributed by atoms with Crippen LogP contribution in [0.4, 0.5) is 4.79 Å². The minimum atomic E-state index is -1.08. The molecule has 0 radical (unpaired) electrons. The molecule has 8 heteroatoms. The minimum absolute atomic E-state index is 0.0554. The Morgan fingerprint density at radius 2 is 1.89 bits per heavy atom. The molecule has 0 aliphatic carbocycles. The van der Waals surface area contributed by atoms with Crippen LogP contribution in [0.25, 0.3) is 0 Å². The molecule has 1 fully saturated rings. The summed E-state index contributed by atoms with van der Waals surface area (Å²) in [5.74, 6) is -1.08. The molecule has 2 amide bonds. The molecule has 1 aliphatic heterocycles. The van der Waals surface area contributed by atoms with E-state index in [0.717, 1.165) is 0 Å². The first-order valence-electron chi connectivity index (χ1n) is 6.08. The zero-order chi connectivity index (χ0) is 14.4. The molecule has 0 spiro atoms. The maximum Gasteiger partial charge on any atom is 0.326 e. The lowest BCUT2D eigenvalue weighted by Gasteiger charge is -2.29. The maximum atomic E-state index is 12.2. The second-order valence-electron chi connectivity index (χ2n) is 4.32. The number of carbonyl (C=O) groups excluding carboxylic acids is 1. The van der Waals surface area contributed by atoms with E-state index in [9.17, 15) is 9.59 Å². The number of methoxy groups -OCH3 is 1. The molecule has 2 unspecified atom stereocenters. The molecular weight excluding hydrogens is 256 g/mol. The third-order valence-electron chi connectivity index (χ3n) is 3.14. The number of nitrogens with zero attached hydrogens (tertiary/aromatic N) is 2. The van der Waals surface area contributed by atoms with Crippen LogP contribution in [-0.4, -0.2) is 89.2 Å². The molecular formula is C11H20N2O6. The predicted octanol–water partition coefficient (Wildman–Crippen LogP) is -1.43. The summed E-state index contributed by atoms with van der Waals surface area (Å²) in [6.45, 7) is -0.185. The molecule has 1 saturated heterocycles. The number of likely N-dealkylation sites (tertiary alicyclic amines) is 1. The summed E-state index contributed by atoms with van der Waals surface area (Å²) in [7, 11) is 1.47. The van der Waals surface area contributed by atoms with Crippen molar-refractivity contribution in [2.75, 3.05) is 40.0 Å². The molecule has 0 saturated carbocycles. The van der Waals surface area contributed by atoms with Gasteiger partial charge >= 0.3 is 12.0 Å². The largest absolute Gasteiger partial charge is 0.480 e. The first-order valence-corrected chi connectivity index (χ1v) is 6.08. The van der Waals surface area contributed by atoms with Crippen LogP contribution >= 0.6 is 0 Å². The Morgan fingerprint density at radius 1 is 1.32 bits per heavy atom. The van der Waals surface area contributed by atoms with Crippen LogP contribution in [0.15, 0.2) is 0 Å². The fourth-order valence-corrected chi connectivity index (χ4v) is 2.14. The monoisotopic (exact) mass is 276 g/mol. The normalized spacial score (nSPS) is 22.6. The molecule has 0 aromatic rings. The summed E-state index contributed by atoms with van der Waals surface area (Å²) in [4.78, 5) is 25.8. The second kappa shape index (κ2) is 7.27. The van der Waals surface area contributed by atoms with Gasteiger partial charge in [-0.25, -0.2) is 9.59 Å². The highest BCUT2D eigenvalue weighted by Crippen LogP contribution is 2.21. The summed E-state index contributed by atoms with van der Waals surface area (Å²) in [5.41, 5.74) is 0. The molecule has 2 atom stereocenters. The van der Waals surface area contributed by atoms with Gasteiger partial charge in [0.05, 0.1) is 19.3 Å². The van der Waals surface area contributed by atoms with Gasteiger partial charge in [-0.15, -0.1) is 0 Å². The second-order valence-corrected chi connectivity index (χ2v) is 4.32. The van der Waals surface area contributed by atoms with Crippen LogP contribution < -0.4 is 0 Å². The van der Waals surface area contributed by atoms with E-state index in [2.05, 4.69) is 0 Å². The Kier molecular flexibility index (Phi) is 6.00. The van der Waals surface area contributed by atoms with E-state index >= 15 is 0 Å². The van der Waals surface area contributed by atoms with Crippen LogP contribution in [-0.2, 0) is 9.53 Å². The fraction of sp³-hybridized carbons (Fsp3) is 0.818. The lowest BCUT2D eigenvalue weighted by atomic mass is 10.2. The first kappa shape index (κ1) is 15.7. The van der Waals surface area contributed by atoms with Crippen molar-refractivity contribution in [2.24, 2.45) is 0 Å². The van der Waals surface area contributed by atoms with Gasteiger partial charge < -0.3 is 29.9 Å². The van der Waals surface area contributed by atoms with Crippen molar-refractivity contribution in [3.63, 3.8) is 0 Å². The molecule has 1 rings (SSSR count). The molecule has 0 aromatic heterocycles. The number of carboxylic acid groups (broad SMARTS) is 1. The summed E-state index contributed by atoms with van der Waals surface area (Å²) >= 11 is 0. The smallest absolute Gasteiger partial charge is 0.326 e.